The number of hydrogen-bond acceptors (Lipinski definition) is 3. The lowest BCUT2D eigenvalue weighted by molar-refractivity contribution is 0.0596. The van der Waals surface area contributed by atoms with E-state index in [0.29, 0.717) is 5.69 Å². The lowest BCUT2D eigenvalue weighted by Gasteiger charge is -2.05. The van der Waals surface area contributed by atoms with E-state index in [1.54, 1.807) is 7.11 Å². The van der Waals surface area contributed by atoms with E-state index in [1.165, 1.54) is 7.11 Å². The number of para-hydroxylation sites is 1. The normalized spacial score (nSPS) is 10.6. The Morgan fingerprint density at radius 2 is 1.71 bits per heavy atom. The average molecular weight is 281 g/mol. The molecule has 0 bridgehead atoms. The summed E-state index contributed by atoms with van der Waals surface area (Å²) >= 11 is 0. The van der Waals surface area contributed by atoms with E-state index in [4.69, 9.17) is 9.47 Å². The molecule has 21 heavy (non-hydrogen) atoms. The molecule has 1 N–H and O–H groups in total. The minimum Gasteiger partial charge on any atom is -0.497 e. The van der Waals surface area contributed by atoms with Crippen LogP contribution in [0.2, 0.25) is 0 Å². The van der Waals surface area contributed by atoms with Crippen molar-refractivity contribution in [2.75, 3.05) is 14.2 Å². The Morgan fingerprint density at radius 3 is 2.38 bits per heavy atom. The van der Waals surface area contributed by atoms with E-state index in [-0.39, 0.29) is 5.97 Å². The van der Waals surface area contributed by atoms with Gasteiger partial charge >= 0.3 is 5.97 Å². The van der Waals surface area contributed by atoms with Gasteiger partial charge in [-0.3, -0.25) is 0 Å². The Morgan fingerprint density at radius 1 is 1.00 bits per heavy atom. The number of benzene rings is 2. The van der Waals surface area contributed by atoms with Crippen LogP contribution in [-0.2, 0) is 4.74 Å². The predicted octanol–water partition coefficient (Wildman–Crippen LogP) is 3.63. The number of H-pyrrole nitrogens is 1. The Labute approximate surface area is 122 Å². The molecule has 0 fully saturated rings. The summed E-state index contributed by atoms with van der Waals surface area (Å²) in [6, 6.07) is 15.4. The summed E-state index contributed by atoms with van der Waals surface area (Å²) in [6.45, 7) is 0. The Hall–Kier alpha value is -2.75. The molecule has 1 aromatic heterocycles. The van der Waals surface area contributed by atoms with Gasteiger partial charge in [-0.25, -0.2) is 4.79 Å². The number of esters is 1. The van der Waals surface area contributed by atoms with Crippen LogP contribution in [0.4, 0.5) is 0 Å². The second kappa shape index (κ2) is 5.32. The smallest absolute Gasteiger partial charge is 0.355 e. The van der Waals surface area contributed by atoms with Crippen molar-refractivity contribution >= 4 is 16.9 Å². The van der Waals surface area contributed by atoms with E-state index in [9.17, 15) is 4.79 Å². The van der Waals surface area contributed by atoms with E-state index >= 15 is 0 Å². The molecule has 0 saturated heterocycles. The highest BCUT2D eigenvalue weighted by Gasteiger charge is 2.19. The maximum absolute atomic E-state index is 12.0. The second-order valence-corrected chi connectivity index (χ2v) is 4.64. The highest BCUT2D eigenvalue weighted by molar-refractivity contribution is 6.07. The van der Waals surface area contributed by atoms with Crippen molar-refractivity contribution in [3.05, 3.63) is 54.2 Å². The minimum absolute atomic E-state index is 0.378. The molecule has 4 nitrogen and oxygen atoms in total. The van der Waals surface area contributed by atoms with Crippen LogP contribution in [0.3, 0.4) is 0 Å². The maximum atomic E-state index is 12.0. The number of hydrogen-bond donors (Lipinski definition) is 1. The van der Waals surface area contributed by atoms with Gasteiger partial charge in [-0.15, -0.1) is 0 Å². The third kappa shape index (κ3) is 2.25. The Kier molecular flexibility index (Phi) is 3.36. The van der Waals surface area contributed by atoms with E-state index in [1.807, 2.05) is 48.5 Å². The molecular formula is C17H15NO3. The number of rotatable bonds is 3. The highest BCUT2D eigenvalue weighted by Crippen LogP contribution is 2.33. The lowest BCUT2D eigenvalue weighted by Crippen LogP contribution is -2.03. The molecule has 0 amide bonds. The summed E-state index contributed by atoms with van der Waals surface area (Å²) in [7, 11) is 3.01. The largest absolute Gasteiger partial charge is 0.497 e. The summed E-state index contributed by atoms with van der Waals surface area (Å²) in [5.41, 5.74) is 3.15. The van der Waals surface area contributed by atoms with Crippen molar-refractivity contribution in [3.63, 3.8) is 0 Å². The Bertz CT molecular complexity index is 787. The van der Waals surface area contributed by atoms with Crippen LogP contribution in [0, 0.1) is 0 Å². The number of fused-ring (bicyclic) bond motifs is 1. The van der Waals surface area contributed by atoms with E-state index in [2.05, 4.69) is 4.98 Å². The SMILES string of the molecule is COC(=O)c1[nH]c2ccccc2c1-c1ccc(OC)cc1. The summed E-state index contributed by atoms with van der Waals surface area (Å²) in [5, 5.41) is 0.989. The molecule has 1 heterocycles. The first kappa shape index (κ1) is 13.2. The number of aromatic amines is 1. The van der Waals surface area contributed by atoms with Crippen molar-refractivity contribution < 1.29 is 14.3 Å². The fourth-order valence-corrected chi connectivity index (χ4v) is 2.45. The van der Waals surface area contributed by atoms with E-state index in [0.717, 1.165) is 27.8 Å². The predicted molar refractivity (Wildman–Crippen MR) is 81.6 cm³/mol. The first-order chi connectivity index (χ1) is 10.2. The van der Waals surface area contributed by atoms with Crippen molar-refractivity contribution in [1.82, 2.24) is 4.98 Å². The number of ether oxygens (including phenoxy) is 2. The van der Waals surface area contributed by atoms with Crippen LogP contribution in [-0.4, -0.2) is 25.2 Å². The first-order valence-electron chi connectivity index (χ1n) is 6.58. The highest BCUT2D eigenvalue weighted by atomic mass is 16.5. The lowest BCUT2D eigenvalue weighted by atomic mass is 10.0. The molecule has 4 heteroatoms. The summed E-state index contributed by atoms with van der Waals surface area (Å²) in [5.74, 6) is 0.398. The quantitative estimate of drug-likeness (QED) is 0.746. The summed E-state index contributed by atoms with van der Waals surface area (Å²) < 4.78 is 10.1. The monoisotopic (exact) mass is 281 g/mol. The maximum Gasteiger partial charge on any atom is 0.355 e. The summed E-state index contributed by atoms with van der Waals surface area (Å²) in [4.78, 5) is 15.2. The van der Waals surface area contributed by atoms with Gasteiger partial charge in [0, 0.05) is 16.5 Å². The number of carbonyl (C=O) groups excluding carboxylic acids is 1. The fraction of sp³-hybridized carbons (Fsp3) is 0.118. The molecule has 3 aromatic rings. The third-order valence-electron chi connectivity index (χ3n) is 3.47. The van der Waals surface area contributed by atoms with Crippen molar-refractivity contribution in [3.8, 4) is 16.9 Å². The zero-order valence-electron chi connectivity index (χ0n) is 11.8. The molecule has 0 saturated carbocycles. The van der Waals surface area contributed by atoms with Crippen LogP contribution in [0.15, 0.2) is 48.5 Å². The molecule has 0 aliphatic carbocycles. The van der Waals surface area contributed by atoms with Gasteiger partial charge in [0.25, 0.3) is 0 Å². The van der Waals surface area contributed by atoms with Gasteiger partial charge in [0.2, 0.25) is 0 Å². The molecule has 2 aromatic carbocycles. The van der Waals surface area contributed by atoms with Crippen LogP contribution in [0.25, 0.3) is 22.0 Å². The van der Waals surface area contributed by atoms with Crippen molar-refractivity contribution in [1.29, 1.82) is 0 Å². The van der Waals surface area contributed by atoms with Crippen LogP contribution in [0.1, 0.15) is 10.5 Å². The molecule has 0 radical (unpaired) electrons. The van der Waals surface area contributed by atoms with Gasteiger partial charge in [-0.05, 0) is 23.8 Å². The zero-order chi connectivity index (χ0) is 14.8. The number of carbonyl (C=O) groups is 1. The van der Waals surface area contributed by atoms with Gasteiger partial charge in [0.1, 0.15) is 11.4 Å². The molecule has 0 aliphatic rings. The van der Waals surface area contributed by atoms with Crippen molar-refractivity contribution in [2.45, 2.75) is 0 Å². The third-order valence-corrected chi connectivity index (χ3v) is 3.47. The molecule has 3 rings (SSSR count). The van der Waals surface area contributed by atoms with Gasteiger partial charge in [-0.1, -0.05) is 30.3 Å². The second-order valence-electron chi connectivity index (χ2n) is 4.64. The average Bonchev–Trinajstić information content (AvgIpc) is 2.93. The first-order valence-corrected chi connectivity index (χ1v) is 6.58. The van der Waals surface area contributed by atoms with E-state index < -0.39 is 0 Å². The van der Waals surface area contributed by atoms with Crippen LogP contribution >= 0.6 is 0 Å². The van der Waals surface area contributed by atoms with Gasteiger partial charge in [0.15, 0.2) is 0 Å². The molecule has 0 atom stereocenters. The summed E-state index contributed by atoms with van der Waals surface area (Å²) in [6.07, 6.45) is 0. The number of nitrogens with one attached hydrogen (secondary N) is 1. The van der Waals surface area contributed by atoms with Crippen molar-refractivity contribution in [2.24, 2.45) is 0 Å². The standard InChI is InChI=1S/C17H15NO3/c1-20-12-9-7-11(8-10-12)15-13-5-3-4-6-14(13)18-16(15)17(19)21-2/h3-10,18H,1-2H3. The number of aromatic nitrogens is 1. The van der Waals surface area contributed by atoms with Crippen LogP contribution in [0.5, 0.6) is 5.75 Å². The molecule has 0 aliphatic heterocycles. The van der Waals surface area contributed by atoms with Gasteiger partial charge < -0.3 is 14.5 Å². The minimum atomic E-state index is -0.378. The van der Waals surface area contributed by atoms with Gasteiger partial charge in [0.05, 0.1) is 14.2 Å². The number of methoxy groups -OCH3 is 2. The Balaban J connectivity index is 2.25. The molecule has 0 spiro atoms. The molecule has 0 unspecified atom stereocenters. The van der Waals surface area contributed by atoms with Crippen LogP contribution < -0.4 is 4.74 Å². The topological polar surface area (TPSA) is 51.3 Å². The van der Waals surface area contributed by atoms with Gasteiger partial charge in [-0.2, -0.15) is 0 Å². The zero-order valence-corrected chi connectivity index (χ0v) is 11.8. The molecule has 106 valence electrons. The molecular weight excluding hydrogens is 266 g/mol. The fourth-order valence-electron chi connectivity index (χ4n) is 2.45.